The van der Waals surface area contributed by atoms with Gasteiger partial charge in [-0.25, -0.2) is 0 Å². The number of rotatable bonds is 2. The number of aliphatic hydroxyl groups is 1. The summed E-state index contributed by atoms with van der Waals surface area (Å²) in [6.45, 7) is 6.25. The molecule has 2 heterocycles. The fourth-order valence-corrected chi connectivity index (χ4v) is 3.46. The number of benzene rings is 1. The lowest BCUT2D eigenvalue weighted by Gasteiger charge is -2.32. The maximum atomic E-state index is 12.9. The van der Waals surface area contributed by atoms with Crippen LogP contribution in [-0.4, -0.2) is 33.8 Å². The van der Waals surface area contributed by atoms with Crippen LogP contribution in [0, 0.1) is 5.41 Å². The minimum absolute atomic E-state index is 0.0115. The smallest absolute Gasteiger partial charge is 0.257 e. The topological polar surface area (TPSA) is 86.7 Å². The Morgan fingerprint density at radius 2 is 1.96 bits per heavy atom. The van der Waals surface area contributed by atoms with Gasteiger partial charge in [0, 0.05) is 12.0 Å². The highest BCUT2D eigenvalue weighted by Crippen LogP contribution is 2.38. The lowest BCUT2D eigenvalue weighted by Crippen LogP contribution is -2.53. The van der Waals surface area contributed by atoms with Crippen molar-refractivity contribution in [3.8, 4) is 0 Å². The summed E-state index contributed by atoms with van der Waals surface area (Å²) in [5.74, 6) is -1.21. The highest BCUT2D eigenvalue weighted by atomic mass is 16.3. The number of aliphatic hydroxyl groups excluding tert-OH is 1. The van der Waals surface area contributed by atoms with E-state index in [1.807, 2.05) is 12.1 Å². The summed E-state index contributed by atoms with van der Waals surface area (Å²) in [6, 6.07) is 4.61. The molecule has 1 aromatic carbocycles. The molecular weight excluding hydrogens is 308 g/mol. The largest absolute Gasteiger partial charge is 0.369 e. The van der Waals surface area contributed by atoms with E-state index in [0.29, 0.717) is 17.5 Å². The molecule has 128 valence electrons. The van der Waals surface area contributed by atoms with E-state index in [1.54, 1.807) is 6.07 Å². The van der Waals surface area contributed by atoms with Crippen LogP contribution in [0.4, 0.5) is 0 Å². The molecule has 0 bridgehead atoms. The first-order valence-electron chi connectivity index (χ1n) is 8.15. The van der Waals surface area contributed by atoms with Crippen molar-refractivity contribution in [3.05, 3.63) is 34.9 Å². The lowest BCUT2D eigenvalue weighted by molar-refractivity contribution is -0.139. The molecule has 0 aromatic heterocycles. The van der Waals surface area contributed by atoms with Crippen molar-refractivity contribution in [2.24, 2.45) is 5.41 Å². The first-order chi connectivity index (χ1) is 11.2. The quantitative estimate of drug-likeness (QED) is 0.805. The van der Waals surface area contributed by atoms with Crippen LogP contribution < -0.4 is 5.32 Å². The third-order valence-electron chi connectivity index (χ3n) is 4.44. The SMILES string of the molecule is CC(C)(C)Cc1cccc2c1C(=O)N(C1CCC(=O)NC1=O)C2O. The molecular formula is C18H22N2O4. The predicted octanol–water partition coefficient (Wildman–Crippen LogP) is 1.53. The number of piperidine rings is 1. The van der Waals surface area contributed by atoms with Crippen LogP contribution >= 0.6 is 0 Å². The maximum Gasteiger partial charge on any atom is 0.257 e. The van der Waals surface area contributed by atoms with Crippen LogP contribution in [-0.2, 0) is 16.0 Å². The monoisotopic (exact) mass is 330 g/mol. The maximum absolute atomic E-state index is 12.9. The second-order valence-electron chi connectivity index (χ2n) is 7.67. The van der Waals surface area contributed by atoms with Crippen LogP contribution in [0.2, 0.25) is 0 Å². The minimum Gasteiger partial charge on any atom is -0.369 e. The van der Waals surface area contributed by atoms with Crippen LogP contribution in [0.25, 0.3) is 0 Å². The lowest BCUT2D eigenvalue weighted by atomic mass is 9.85. The average Bonchev–Trinajstić information content (AvgIpc) is 2.71. The summed E-state index contributed by atoms with van der Waals surface area (Å²) in [4.78, 5) is 37.6. The second-order valence-corrected chi connectivity index (χ2v) is 7.67. The van der Waals surface area contributed by atoms with E-state index < -0.39 is 18.2 Å². The number of fused-ring (bicyclic) bond motifs is 1. The number of imide groups is 1. The Hall–Kier alpha value is -2.21. The molecule has 2 unspecified atom stereocenters. The molecule has 0 saturated carbocycles. The zero-order valence-corrected chi connectivity index (χ0v) is 14.1. The Balaban J connectivity index is 1.97. The van der Waals surface area contributed by atoms with Gasteiger partial charge in [0.2, 0.25) is 11.8 Å². The van der Waals surface area contributed by atoms with E-state index in [1.165, 1.54) is 4.90 Å². The fraction of sp³-hybridized carbons (Fsp3) is 0.500. The third-order valence-corrected chi connectivity index (χ3v) is 4.44. The van der Waals surface area contributed by atoms with Gasteiger partial charge in [-0.15, -0.1) is 0 Å². The van der Waals surface area contributed by atoms with Gasteiger partial charge in [-0.1, -0.05) is 39.0 Å². The summed E-state index contributed by atoms with van der Waals surface area (Å²) in [5, 5.41) is 12.9. The summed E-state index contributed by atoms with van der Waals surface area (Å²) in [6.07, 6.45) is -0.0669. The number of amides is 3. The Bertz CT molecular complexity index is 720. The van der Waals surface area contributed by atoms with Crippen LogP contribution in [0.1, 0.15) is 61.3 Å². The van der Waals surface area contributed by atoms with Crippen LogP contribution in [0.5, 0.6) is 0 Å². The molecule has 3 amide bonds. The first-order valence-corrected chi connectivity index (χ1v) is 8.15. The molecule has 0 spiro atoms. The molecule has 3 rings (SSSR count). The molecule has 1 aromatic rings. The summed E-state index contributed by atoms with van der Waals surface area (Å²) in [5.41, 5.74) is 1.89. The highest BCUT2D eigenvalue weighted by Gasteiger charge is 2.45. The molecule has 2 N–H and O–H groups in total. The Morgan fingerprint density at radius 1 is 1.25 bits per heavy atom. The number of hydrogen-bond donors (Lipinski definition) is 2. The number of carbonyl (C=O) groups excluding carboxylic acids is 3. The van der Waals surface area contributed by atoms with E-state index >= 15 is 0 Å². The predicted molar refractivity (Wildman–Crippen MR) is 86.9 cm³/mol. The van der Waals surface area contributed by atoms with E-state index in [9.17, 15) is 19.5 Å². The zero-order valence-electron chi connectivity index (χ0n) is 14.1. The van der Waals surface area contributed by atoms with E-state index in [2.05, 4.69) is 26.1 Å². The summed E-state index contributed by atoms with van der Waals surface area (Å²) in [7, 11) is 0. The minimum atomic E-state index is -1.16. The van der Waals surface area contributed by atoms with Crippen LogP contribution in [0.15, 0.2) is 18.2 Å². The number of nitrogens with zero attached hydrogens (tertiary/aromatic N) is 1. The fourth-order valence-electron chi connectivity index (χ4n) is 3.46. The van der Waals surface area contributed by atoms with Crippen molar-refractivity contribution in [3.63, 3.8) is 0 Å². The zero-order chi connectivity index (χ0) is 17.6. The number of hydrogen-bond acceptors (Lipinski definition) is 4. The molecule has 2 aliphatic rings. The van der Waals surface area contributed by atoms with Gasteiger partial charge in [-0.2, -0.15) is 0 Å². The molecule has 1 fully saturated rings. The molecule has 2 atom stereocenters. The normalized spacial score (nSPS) is 24.2. The van der Waals surface area contributed by atoms with Crippen molar-refractivity contribution in [2.45, 2.75) is 52.3 Å². The van der Waals surface area contributed by atoms with Crippen molar-refractivity contribution in [2.75, 3.05) is 0 Å². The van der Waals surface area contributed by atoms with Crippen molar-refractivity contribution in [1.29, 1.82) is 0 Å². The van der Waals surface area contributed by atoms with Gasteiger partial charge in [-0.05, 0) is 23.8 Å². The molecule has 6 heteroatoms. The molecule has 6 nitrogen and oxygen atoms in total. The summed E-state index contributed by atoms with van der Waals surface area (Å²) < 4.78 is 0. The highest BCUT2D eigenvalue weighted by molar-refractivity contribution is 6.06. The Morgan fingerprint density at radius 3 is 2.58 bits per heavy atom. The van der Waals surface area contributed by atoms with Gasteiger partial charge in [0.25, 0.3) is 5.91 Å². The Labute approximate surface area is 140 Å². The van der Waals surface area contributed by atoms with Gasteiger partial charge in [0.05, 0.1) is 5.56 Å². The average molecular weight is 330 g/mol. The van der Waals surface area contributed by atoms with Gasteiger partial charge >= 0.3 is 0 Å². The van der Waals surface area contributed by atoms with Crippen molar-refractivity contribution < 1.29 is 19.5 Å². The van der Waals surface area contributed by atoms with Gasteiger partial charge in [-0.3, -0.25) is 24.6 Å². The van der Waals surface area contributed by atoms with Crippen molar-refractivity contribution in [1.82, 2.24) is 10.2 Å². The van der Waals surface area contributed by atoms with Gasteiger partial charge in [0.1, 0.15) is 6.04 Å². The van der Waals surface area contributed by atoms with Gasteiger partial charge in [0.15, 0.2) is 6.23 Å². The molecule has 1 saturated heterocycles. The number of carbonyl (C=O) groups is 3. The van der Waals surface area contributed by atoms with Gasteiger partial charge < -0.3 is 5.11 Å². The molecule has 2 aliphatic heterocycles. The third kappa shape index (κ3) is 2.82. The Kier molecular flexibility index (Phi) is 3.95. The van der Waals surface area contributed by atoms with E-state index in [0.717, 1.165) is 5.56 Å². The molecule has 0 radical (unpaired) electrons. The van der Waals surface area contributed by atoms with E-state index in [4.69, 9.17) is 0 Å². The van der Waals surface area contributed by atoms with Crippen LogP contribution in [0.3, 0.4) is 0 Å². The van der Waals surface area contributed by atoms with Crippen molar-refractivity contribution >= 4 is 17.7 Å². The molecule has 0 aliphatic carbocycles. The summed E-state index contributed by atoms with van der Waals surface area (Å²) >= 11 is 0. The van der Waals surface area contributed by atoms with E-state index in [-0.39, 0.29) is 30.1 Å². The first kappa shape index (κ1) is 16.6. The molecule has 24 heavy (non-hydrogen) atoms. The number of nitrogens with one attached hydrogen (secondary N) is 1. The second kappa shape index (κ2) is 5.70. The standard InChI is InChI=1S/C18H22N2O4/c1-18(2,3)9-10-5-4-6-11-14(10)17(24)20(16(11)23)12-7-8-13(21)19-15(12)22/h4-6,12,16,23H,7-9H2,1-3H3,(H,19,21,22).